The molecule has 0 saturated carbocycles. The van der Waals surface area contributed by atoms with Gasteiger partial charge in [0.15, 0.2) is 0 Å². The van der Waals surface area contributed by atoms with Gasteiger partial charge in [0.05, 0.1) is 53.7 Å². The number of quaternary nitrogens is 1. The van der Waals surface area contributed by atoms with Crippen molar-refractivity contribution in [2.24, 2.45) is 0 Å². The van der Waals surface area contributed by atoms with Crippen LogP contribution in [0.2, 0.25) is 0 Å². The minimum Gasteiger partial charge on any atom is -0.850 e. The molecule has 0 amide bonds. The maximum atomic E-state index is 10.7. The van der Waals surface area contributed by atoms with Crippen LogP contribution in [0.15, 0.2) is 12.2 Å². The summed E-state index contributed by atoms with van der Waals surface area (Å²) >= 11 is 0. The Balaban J connectivity index is 3.14. The van der Waals surface area contributed by atoms with Crippen LogP contribution in [-0.2, 0) is 14.2 Å². The number of allylic oxidation sites excluding steroid dienone is 2. The summed E-state index contributed by atoms with van der Waals surface area (Å²) < 4.78 is 17.5. The lowest BCUT2D eigenvalue weighted by Gasteiger charge is -2.30. The molecule has 0 radical (unpaired) electrons. The molecule has 0 N–H and O–H groups in total. The third kappa shape index (κ3) is 27.7. The number of rotatable bonds is 27. The molecule has 0 spiro atoms. The highest BCUT2D eigenvalue weighted by atomic mass is 16.5. The molecule has 0 bridgehead atoms. The predicted octanol–water partition coefficient (Wildman–Crippen LogP) is 5.51. The van der Waals surface area contributed by atoms with Gasteiger partial charge in [0.25, 0.3) is 0 Å². The van der Waals surface area contributed by atoms with E-state index in [2.05, 4.69) is 33.2 Å². The monoisotopic (exact) mass is 471 g/mol. The van der Waals surface area contributed by atoms with Crippen LogP contribution in [0.3, 0.4) is 0 Å². The summed E-state index contributed by atoms with van der Waals surface area (Å²) in [5.41, 5.74) is 0. The summed E-state index contributed by atoms with van der Waals surface area (Å²) in [6.45, 7) is 7.77. The SMILES string of the molecule is CCCCCCCC/C=C/CCCCCCCCOCCOCCOCC[N+](C)(C)CC[O-]. The number of ether oxygens (including phenoxy) is 3. The summed E-state index contributed by atoms with van der Waals surface area (Å²) in [6, 6.07) is 0. The molecule has 0 aliphatic carbocycles. The third-order valence-electron chi connectivity index (χ3n) is 6.08. The molecule has 5 nitrogen and oxygen atoms in total. The van der Waals surface area contributed by atoms with Crippen molar-refractivity contribution in [1.82, 2.24) is 0 Å². The predicted molar refractivity (Wildman–Crippen MR) is 139 cm³/mol. The number of likely N-dealkylation sites (N-methyl/N-ethyl adjacent to an activating group) is 1. The van der Waals surface area contributed by atoms with Gasteiger partial charge in [0.1, 0.15) is 6.54 Å². The van der Waals surface area contributed by atoms with E-state index in [9.17, 15) is 5.11 Å². The molecule has 0 unspecified atom stereocenters. The van der Waals surface area contributed by atoms with Gasteiger partial charge in [-0.3, -0.25) is 0 Å². The summed E-state index contributed by atoms with van der Waals surface area (Å²) in [4.78, 5) is 0. The van der Waals surface area contributed by atoms with Gasteiger partial charge in [-0.25, -0.2) is 0 Å². The van der Waals surface area contributed by atoms with Crippen molar-refractivity contribution < 1.29 is 23.8 Å². The highest BCUT2D eigenvalue weighted by Gasteiger charge is 2.11. The van der Waals surface area contributed by atoms with Crippen LogP contribution in [-0.4, -0.2) is 77.9 Å². The molecule has 0 fully saturated rings. The number of unbranched alkanes of at least 4 members (excludes halogenated alkanes) is 12. The van der Waals surface area contributed by atoms with Gasteiger partial charge in [0.2, 0.25) is 0 Å². The van der Waals surface area contributed by atoms with Crippen LogP contribution in [0.4, 0.5) is 0 Å². The number of hydrogen-bond acceptors (Lipinski definition) is 4. The fourth-order valence-electron chi connectivity index (χ4n) is 3.66. The second-order valence-electron chi connectivity index (χ2n) is 9.86. The first-order chi connectivity index (χ1) is 16.1. The molecule has 0 aliphatic heterocycles. The first kappa shape index (κ1) is 32.5. The van der Waals surface area contributed by atoms with Crippen LogP contribution < -0.4 is 5.11 Å². The Morgan fingerprint density at radius 2 is 1.00 bits per heavy atom. The summed E-state index contributed by atoms with van der Waals surface area (Å²) in [5, 5.41) is 10.7. The highest BCUT2D eigenvalue weighted by molar-refractivity contribution is 4.81. The average Bonchev–Trinajstić information content (AvgIpc) is 2.79. The first-order valence-corrected chi connectivity index (χ1v) is 13.9. The molecular weight excluding hydrogens is 414 g/mol. The Kier molecular flexibility index (Phi) is 25.8. The Morgan fingerprint density at radius 1 is 0.545 bits per heavy atom. The summed E-state index contributed by atoms with van der Waals surface area (Å²) in [7, 11) is 4.12. The normalized spacial score (nSPS) is 12.2. The van der Waals surface area contributed by atoms with Gasteiger partial charge in [-0.05, 0) is 32.1 Å². The molecule has 33 heavy (non-hydrogen) atoms. The zero-order chi connectivity index (χ0) is 24.3. The molecule has 5 heteroatoms. The Hall–Kier alpha value is -0.460. The molecule has 0 aliphatic rings. The van der Waals surface area contributed by atoms with Gasteiger partial charge in [0, 0.05) is 6.61 Å². The molecule has 0 aromatic carbocycles. The van der Waals surface area contributed by atoms with Gasteiger partial charge < -0.3 is 23.8 Å². The van der Waals surface area contributed by atoms with Crippen LogP contribution >= 0.6 is 0 Å². The molecule has 0 heterocycles. The lowest BCUT2D eigenvalue weighted by molar-refractivity contribution is -0.895. The van der Waals surface area contributed by atoms with E-state index in [1.54, 1.807) is 0 Å². The van der Waals surface area contributed by atoms with Crippen molar-refractivity contribution in [3.8, 4) is 0 Å². The van der Waals surface area contributed by atoms with Crippen molar-refractivity contribution >= 4 is 0 Å². The fourth-order valence-corrected chi connectivity index (χ4v) is 3.66. The standard InChI is InChI=1S/C28H57NO4/c1-4-5-6-7-8-9-10-11-12-13-14-15-16-17-18-19-23-31-25-27-33-28-26-32-24-21-29(2,3)20-22-30/h11-12H,4-10,13-28H2,1-3H3/b12-11+. The first-order valence-electron chi connectivity index (χ1n) is 13.9. The minimum atomic E-state index is -0.0344. The van der Waals surface area contributed by atoms with E-state index in [1.165, 1.54) is 83.5 Å². The van der Waals surface area contributed by atoms with Crippen LogP contribution in [0.1, 0.15) is 96.8 Å². The van der Waals surface area contributed by atoms with E-state index >= 15 is 0 Å². The largest absolute Gasteiger partial charge is 0.850 e. The minimum absolute atomic E-state index is 0.0344. The summed E-state index contributed by atoms with van der Waals surface area (Å²) in [5.74, 6) is 0. The van der Waals surface area contributed by atoms with Crippen molar-refractivity contribution in [2.75, 3.05) is 73.4 Å². The Labute approximate surface area is 206 Å². The molecular formula is C28H57NO4. The zero-order valence-corrected chi connectivity index (χ0v) is 22.5. The lowest BCUT2D eigenvalue weighted by Crippen LogP contribution is -2.46. The van der Waals surface area contributed by atoms with E-state index in [0.717, 1.165) is 24.1 Å². The Morgan fingerprint density at radius 3 is 1.55 bits per heavy atom. The molecule has 0 atom stereocenters. The van der Waals surface area contributed by atoms with Crippen molar-refractivity contribution in [2.45, 2.75) is 96.8 Å². The maximum absolute atomic E-state index is 10.7. The summed E-state index contributed by atoms with van der Waals surface area (Å²) in [6.07, 6.45) is 23.4. The van der Waals surface area contributed by atoms with Crippen LogP contribution in [0.25, 0.3) is 0 Å². The van der Waals surface area contributed by atoms with Crippen LogP contribution in [0, 0.1) is 0 Å². The molecule has 0 rings (SSSR count). The van der Waals surface area contributed by atoms with Gasteiger partial charge in [-0.15, -0.1) is 0 Å². The second kappa shape index (κ2) is 26.2. The van der Waals surface area contributed by atoms with Gasteiger partial charge in [-0.1, -0.05) is 83.5 Å². The highest BCUT2D eigenvalue weighted by Crippen LogP contribution is 2.10. The van der Waals surface area contributed by atoms with Crippen LogP contribution in [0.5, 0.6) is 0 Å². The van der Waals surface area contributed by atoms with E-state index in [0.29, 0.717) is 39.6 Å². The molecule has 0 saturated heterocycles. The second-order valence-corrected chi connectivity index (χ2v) is 9.86. The zero-order valence-electron chi connectivity index (χ0n) is 22.5. The van der Waals surface area contributed by atoms with Gasteiger partial charge in [-0.2, -0.15) is 0 Å². The maximum Gasteiger partial charge on any atom is 0.102 e. The van der Waals surface area contributed by atoms with E-state index in [-0.39, 0.29) is 6.61 Å². The molecule has 0 aromatic rings. The number of nitrogens with zero attached hydrogens (tertiary/aromatic N) is 1. The lowest BCUT2D eigenvalue weighted by atomic mass is 10.1. The van der Waals surface area contributed by atoms with Crippen molar-refractivity contribution in [3.63, 3.8) is 0 Å². The van der Waals surface area contributed by atoms with E-state index < -0.39 is 0 Å². The Bertz CT molecular complexity index is 401. The quantitative estimate of drug-likeness (QED) is 0.0900. The molecule has 0 aromatic heterocycles. The average molecular weight is 472 g/mol. The number of hydrogen-bond donors (Lipinski definition) is 0. The smallest absolute Gasteiger partial charge is 0.102 e. The van der Waals surface area contributed by atoms with Crippen molar-refractivity contribution in [3.05, 3.63) is 12.2 Å². The third-order valence-corrected chi connectivity index (χ3v) is 6.08. The van der Waals surface area contributed by atoms with Gasteiger partial charge >= 0.3 is 0 Å². The molecule has 198 valence electrons. The fraction of sp³-hybridized carbons (Fsp3) is 0.929. The van der Waals surface area contributed by atoms with Crippen molar-refractivity contribution in [1.29, 1.82) is 0 Å². The van der Waals surface area contributed by atoms with E-state index in [4.69, 9.17) is 14.2 Å². The topological polar surface area (TPSA) is 50.8 Å². The van der Waals surface area contributed by atoms with E-state index in [1.807, 2.05) is 0 Å².